The van der Waals surface area contributed by atoms with Crippen molar-refractivity contribution >= 4 is 45.3 Å². The van der Waals surface area contributed by atoms with Gasteiger partial charge in [0.05, 0.1) is 4.90 Å². The fourth-order valence-corrected chi connectivity index (χ4v) is 5.14. The van der Waals surface area contributed by atoms with Crippen molar-refractivity contribution in [2.45, 2.75) is 31.6 Å². The number of nitrogens with one attached hydrogen (secondary N) is 1. The van der Waals surface area contributed by atoms with E-state index < -0.39 is 28.5 Å². The predicted octanol–water partition coefficient (Wildman–Crippen LogP) is 3.04. The number of ether oxygens (including phenoxy) is 1. The van der Waals surface area contributed by atoms with Gasteiger partial charge in [0, 0.05) is 43.5 Å². The van der Waals surface area contributed by atoms with E-state index in [1.54, 1.807) is 55.1 Å². The van der Waals surface area contributed by atoms with E-state index in [1.165, 1.54) is 28.6 Å². The molecule has 1 fully saturated rings. The average Bonchev–Trinajstić information content (AvgIpc) is 3.28. The number of carbonyl (C=O) groups is 3. The van der Waals surface area contributed by atoms with E-state index in [1.807, 2.05) is 0 Å². The number of benzene rings is 2. The zero-order valence-electron chi connectivity index (χ0n) is 19.8. The summed E-state index contributed by atoms with van der Waals surface area (Å²) >= 11 is 0. The minimum absolute atomic E-state index is 0.0503. The Morgan fingerprint density at radius 3 is 2.46 bits per heavy atom. The van der Waals surface area contributed by atoms with E-state index in [4.69, 9.17) is 4.74 Å². The quantitative estimate of drug-likeness (QED) is 0.397. The number of hydrogen-bond acceptors (Lipinski definition) is 6. The Kier molecular flexibility index (Phi) is 8.78. The fourth-order valence-electron chi connectivity index (χ4n) is 3.68. The monoisotopic (exact) mass is 499 g/mol. The second-order valence-electron chi connectivity index (χ2n) is 7.85. The zero-order valence-corrected chi connectivity index (χ0v) is 20.6. The maximum atomic E-state index is 12.5. The van der Waals surface area contributed by atoms with E-state index in [0.29, 0.717) is 43.0 Å². The van der Waals surface area contributed by atoms with Gasteiger partial charge < -0.3 is 15.0 Å². The van der Waals surface area contributed by atoms with Crippen molar-refractivity contribution in [3.05, 3.63) is 60.2 Å². The van der Waals surface area contributed by atoms with E-state index >= 15 is 0 Å². The molecule has 1 heterocycles. The number of nitrogens with zero attached hydrogens (tertiary/aromatic N) is 2. The van der Waals surface area contributed by atoms with Crippen LogP contribution in [0, 0.1) is 0 Å². The van der Waals surface area contributed by atoms with Gasteiger partial charge in [-0.05, 0) is 48.4 Å². The van der Waals surface area contributed by atoms with E-state index in [9.17, 15) is 22.8 Å². The van der Waals surface area contributed by atoms with Crippen LogP contribution in [0.1, 0.15) is 32.3 Å². The van der Waals surface area contributed by atoms with Crippen molar-refractivity contribution in [3.8, 4) is 0 Å². The van der Waals surface area contributed by atoms with Crippen LogP contribution < -0.4 is 10.2 Å². The number of hydrogen-bond donors (Lipinski definition) is 1. The number of carbonyl (C=O) groups excluding carboxylic acids is 3. The largest absolute Gasteiger partial charge is 0.452 e. The molecule has 0 radical (unpaired) electrons. The summed E-state index contributed by atoms with van der Waals surface area (Å²) in [6.07, 6.45) is 3.96. The first-order valence-corrected chi connectivity index (χ1v) is 12.8. The summed E-state index contributed by atoms with van der Waals surface area (Å²) in [6, 6.07) is 13.1. The number of esters is 1. The lowest BCUT2D eigenvalue weighted by Gasteiger charge is -2.18. The van der Waals surface area contributed by atoms with Crippen LogP contribution in [0.5, 0.6) is 0 Å². The van der Waals surface area contributed by atoms with E-state index in [0.717, 1.165) is 6.42 Å². The summed E-state index contributed by atoms with van der Waals surface area (Å²) in [5.41, 5.74) is 1.82. The fraction of sp³-hybridized carbons (Fsp3) is 0.320. The standard InChI is InChI=1S/C25H29N3O6S/c1-3-27(4-2)35(32,33)22-13-10-19(11-14-22)12-15-25(31)34-18-23(29)26-20-7-5-8-21(17-20)28-16-6-9-24(28)30/h5,7-8,10-15,17H,3-4,6,9,16,18H2,1-2H3,(H,26,29)/b15-12+. The summed E-state index contributed by atoms with van der Waals surface area (Å²) < 4.78 is 31.4. The van der Waals surface area contributed by atoms with Gasteiger partial charge in [-0.1, -0.05) is 32.0 Å². The molecule has 1 saturated heterocycles. The van der Waals surface area contributed by atoms with E-state index in [-0.39, 0.29) is 10.8 Å². The highest BCUT2D eigenvalue weighted by Gasteiger charge is 2.22. The summed E-state index contributed by atoms with van der Waals surface area (Å²) in [7, 11) is -3.55. The van der Waals surface area contributed by atoms with Crippen molar-refractivity contribution in [1.82, 2.24) is 4.31 Å². The molecule has 1 aliphatic heterocycles. The van der Waals surface area contributed by atoms with Gasteiger partial charge >= 0.3 is 5.97 Å². The minimum Gasteiger partial charge on any atom is -0.452 e. The van der Waals surface area contributed by atoms with Crippen LogP contribution in [-0.4, -0.2) is 56.7 Å². The molecular formula is C25H29N3O6S. The molecule has 35 heavy (non-hydrogen) atoms. The van der Waals surface area contributed by atoms with Crippen LogP contribution >= 0.6 is 0 Å². The Hall–Kier alpha value is -3.50. The van der Waals surface area contributed by atoms with Gasteiger partial charge in [0.1, 0.15) is 0 Å². The van der Waals surface area contributed by atoms with Gasteiger partial charge in [-0.15, -0.1) is 0 Å². The smallest absolute Gasteiger partial charge is 0.331 e. The highest BCUT2D eigenvalue weighted by molar-refractivity contribution is 7.89. The molecule has 3 rings (SSSR count). The van der Waals surface area contributed by atoms with Crippen LogP contribution in [0.4, 0.5) is 11.4 Å². The Morgan fingerprint density at radius 1 is 1.11 bits per heavy atom. The molecular weight excluding hydrogens is 470 g/mol. The summed E-state index contributed by atoms with van der Waals surface area (Å²) in [4.78, 5) is 37.9. The van der Waals surface area contributed by atoms with Crippen molar-refractivity contribution in [2.24, 2.45) is 0 Å². The molecule has 0 unspecified atom stereocenters. The Morgan fingerprint density at radius 2 is 1.83 bits per heavy atom. The summed E-state index contributed by atoms with van der Waals surface area (Å²) in [5, 5.41) is 2.65. The third-order valence-corrected chi connectivity index (χ3v) is 7.56. The van der Waals surface area contributed by atoms with Crippen LogP contribution in [0.2, 0.25) is 0 Å². The van der Waals surface area contributed by atoms with Gasteiger partial charge in [-0.3, -0.25) is 9.59 Å². The molecule has 0 atom stereocenters. The van der Waals surface area contributed by atoms with Gasteiger partial charge in [-0.25, -0.2) is 13.2 Å². The predicted molar refractivity (Wildman–Crippen MR) is 133 cm³/mol. The topological polar surface area (TPSA) is 113 Å². The molecule has 0 spiro atoms. The second-order valence-corrected chi connectivity index (χ2v) is 9.78. The number of rotatable bonds is 10. The summed E-state index contributed by atoms with van der Waals surface area (Å²) in [6.45, 7) is 4.48. The molecule has 9 nitrogen and oxygen atoms in total. The van der Waals surface area contributed by atoms with E-state index in [2.05, 4.69) is 5.32 Å². The van der Waals surface area contributed by atoms with Crippen molar-refractivity contribution in [3.63, 3.8) is 0 Å². The van der Waals surface area contributed by atoms with Crippen LogP contribution in [0.3, 0.4) is 0 Å². The molecule has 10 heteroatoms. The Labute approximate surface area is 205 Å². The van der Waals surface area contributed by atoms with Crippen molar-refractivity contribution in [2.75, 3.05) is 36.5 Å². The number of anilines is 2. The SMILES string of the molecule is CCN(CC)S(=O)(=O)c1ccc(/C=C/C(=O)OCC(=O)Nc2cccc(N3CCCC3=O)c2)cc1. The molecule has 0 aliphatic carbocycles. The lowest BCUT2D eigenvalue weighted by atomic mass is 10.2. The van der Waals surface area contributed by atoms with Crippen molar-refractivity contribution < 1.29 is 27.5 Å². The molecule has 0 aromatic heterocycles. The second kappa shape index (κ2) is 11.8. The first-order chi connectivity index (χ1) is 16.7. The lowest BCUT2D eigenvalue weighted by molar-refractivity contribution is -0.142. The van der Waals surface area contributed by atoms with Crippen LogP contribution in [0.25, 0.3) is 6.08 Å². The highest BCUT2D eigenvalue weighted by Crippen LogP contribution is 2.24. The molecule has 186 valence electrons. The minimum atomic E-state index is -3.55. The molecule has 2 amide bonds. The number of amides is 2. The van der Waals surface area contributed by atoms with Crippen LogP contribution in [0.15, 0.2) is 59.5 Å². The first-order valence-electron chi connectivity index (χ1n) is 11.4. The number of sulfonamides is 1. The molecule has 1 aliphatic rings. The van der Waals surface area contributed by atoms with Gasteiger partial charge in [0.15, 0.2) is 6.61 Å². The molecule has 1 N–H and O–H groups in total. The van der Waals surface area contributed by atoms with Gasteiger partial charge in [0.25, 0.3) is 5.91 Å². The zero-order chi connectivity index (χ0) is 25.4. The Balaban J connectivity index is 1.51. The Bertz CT molecular complexity index is 1200. The third kappa shape index (κ3) is 6.77. The highest BCUT2D eigenvalue weighted by atomic mass is 32.2. The normalized spacial score (nSPS) is 14.0. The van der Waals surface area contributed by atoms with Gasteiger partial charge in [-0.2, -0.15) is 4.31 Å². The molecule has 2 aromatic carbocycles. The molecule has 0 bridgehead atoms. The lowest BCUT2D eigenvalue weighted by Crippen LogP contribution is -2.30. The summed E-state index contributed by atoms with van der Waals surface area (Å²) in [5.74, 6) is -1.17. The molecule has 0 saturated carbocycles. The average molecular weight is 500 g/mol. The maximum Gasteiger partial charge on any atom is 0.331 e. The third-order valence-electron chi connectivity index (χ3n) is 5.50. The maximum absolute atomic E-state index is 12.5. The van der Waals surface area contributed by atoms with Crippen molar-refractivity contribution in [1.29, 1.82) is 0 Å². The van der Waals surface area contributed by atoms with Crippen LogP contribution in [-0.2, 0) is 29.1 Å². The first kappa shape index (κ1) is 26.1. The molecule has 2 aromatic rings. The van der Waals surface area contributed by atoms with Gasteiger partial charge in [0.2, 0.25) is 15.9 Å².